The number of aromatic nitrogens is 1. The van der Waals surface area contributed by atoms with E-state index in [9.17, 15) is 14.4 Å². The van der Waals surface area contributed by atoms with Gasteiger partial charge in [-0.1, -0.05) is 39.0 Å². The predicted octanol–water partition coefficient (Wildman–Crippen LogP) is 3.82. The third-order valence-corrected chi connectivity index (χ3v) is 5.54. The van der Waals surface area contributed by atoms with E-state index >= 15 is 0 Å². The zero-order valence-electron chi connectivity index (χ0n) is 17.9. The molecule has 0 bridgehead atoms. The van der Waals surface area contributed by atoms with Crippen molar-refractivity contribution in [2.75, 3.05) is 13.2 Å². The van der Waals surface area contributed by atoms with Crippen molar-refractivity contribution in [3.63, 3.8) is 0 Å². The predicted molar refractivity (Wildman–Crippen MR) is 112 cm³/mol. The maximum atomic E-state index is 13.1. The fourth-order valence-corrected chi connectivity index (χ4v) is 3.88. The Balaban J connectivity index is 1.89. The van der Waals surface area contributed by atoms with E-state index in [1.165, 1.54) is 0 Å². The smallest absolute Gasteiger partial charge is 0.413 e. The number of amides is 2. The van der Waals surface area contributed by atoms with E-state index in [0.29, 0.717) is 16.9 Å². The number of carbonyl (C=O) groups is 3. The molecule has 2 aromatic rings. The van der Waals surface area contributed by atoms with Gasteiger partial charge in [-0.3, -0.25) is 15.1 Å². The van der Waals surface area contributed by atoms with Crippen LogP contribution in [0.15, 0.2) is 24.3 Å². The highest BCUT2D eigenvalue weighted by molar-refractivity contribution is 6.06. The molecule has 0 aliphatic heterocycles. The van der Waals surface area contributed by atoms with Crippen LogP contribution in [0.25, 0.3) is 10.9 Å². The first-order valence-corrected chi connectivity index (χ1v) is 10.2. The number of fused-ring (bicyclic) bond motifs is 2. The van der Waals surface area contributed by atoms with Crippen LogP contribution in [0.1, 0.15) is 55.7 Å². The van der Waals surface area contributed by atoms with Crippen LogP contribution in [-0.2, 0) is 27.1 Å². The summed E-state index contributed by atoms with van der Waals surface area (Å²) in [6.07, 6.45) is 1.68. The second-order valence-electron chi connectivity index (χ2n) is 8.58. The van der Waals surface area contributed by atoms with Gasteiger partial charge in [0.05, 0.1) is 17.7 Å². The first-order chi connectivity index (χ1) is 14.2. The summed E-state index contributed by atoms with van der Waals surface area (Å²) in [6, 6.07) is 7.45. The molecule has 0 saturated carbocycles. The number of carbonyl (C=O) groups excluding carboxylic acids is 3. The summed E-state index contributed by atoms with van der Waals surface area (Å²) in [4.78, 5) is 41.1. The number of nitrogens with one attached hydrogen (secondary N) is 1. The normalized spacial score (nSPS) is 15.9. The van der Waals surface area contributed by atoms with Crippen molar-refractivity contribution in [3.05, 3.63) is 41.1 Å². The zero-order valence-corrected chi connectivity index (χ0v) is 17.9. The number of imide groups is 1. The number of alkyl carbamates (subject to hydrolysis) is 1. The summed E-state index contributed by atoms with van der Waals surface area (Å²) < 4.78 is 9.94. The molecule has 7 heteroatoms. The molecule has 1 aliphatic rings. The minimum atomic E-state index is -0.863. The lowest BCUT2D eigenvalue weighted by Gasteiger charge is -2.35. The molecule has 0 spiro atoms. The van der Waals surface area contributed by atoms with E-state index in [2.05, 4.69) is 25.5 Å². The lowest BCUT2D eigenvalue weighted by atomic mass is 9.70. The van der Waals surface area contributed by atoms with Gasteiger partial charge in [0.25, 0.3) is 5.91 Å². The van der Waals surface area contributed by atoms with Crippen LogP contribution in [0, 0.1) is 11.3 Å². The Hall–Kier alpha value is -2.96. The number of hydrogen-bond acceptors (Lipinski definition) is 6. The van der Waals surface area contributed by atoms with Gasteiger partial charge in [0, 0.05) is 11.1 Å². The van der Waals surface area contributed by atoms with Crippen molar-refractivity contribution >= 4 is 28.9 Å². The van der Waals surface area contributed by atoms with Gasteiger partial charge in [-0.25, -0.2) is 9.59 Å². The van der Waals surface area contributed by atoms with Crippen molar-refractivity contribution in [1.29, 1.82) is 0 Å². The van der Waals surface area contributed by atoms with E-state index < -0.39 is 24.6 Å². The molecule has 1 heterocycles. The Bertz CT molecular complexity index is 977. The molecule has 160 valence electrons. The number of ether oxygens (including phenoxy) is 2. The third kappa shape index (κ3) is 4.78. The molecule has 1 N–H and O–H groups in total. The summed E-state index contributed by atoms with van der Waals surface area (Å²) in [5, 5.41) is 2.73. The van der Waals surface area contributed by atoms with E-state index in [1.54, 1.807) is 6.92 Å². The van der Waals surface area contributed by atoms with E-state index in [-0.39, 0.29) is 12.0 Å². The lowest BCUT2D eigenvalue weighted by molar-refractivity contribution is -0.123. The van der Waals surface area contributed by atoms with Crippen LogP contribution in [0.2, 0.25) is 0 Å². The van der Waals surface area contributed by atoms with Crippen molar-refractivity contribution < 1.29 is 23.9 Å². The van der Waals surface area contributed by atoms with Gasteiger partial charge in [-0.15, -0.1) is 0 Å². The Kier molecular flexibility index (Phi) is 6.39. The number of benzene rings is 1. The lowest BCUT2D eigenvalue weighted by Crippen LogP contribution is -2.35. The monoisotopic (exact) mass is 412 g/mol. The molecule has 7 nitrogen and oxygen atoms in total. The summed E-state index contributed by atoms with van der Waals surface area (Å²) in [5.41, 5.74) is 3.11. The van der Waals surface area contributed by atoms with Gasteiger partial charge in [-0.2, -0.15) is 0 Å². The molecular formula is C23H28N2O5. The highest BCUT2D eigenvalue weighted by Gasteiger charge is 2.33. The molecule has 1 aliphatic carbocycles. The molecule has 1 atom stereocenters. The minimum Gasteiger partial charge on any atom is -0.452 e. The summed E-state index contributed by atoms with van der Waals surface area (Å²) in [6.45, 7) is 7.82. The Labute approximate surface area is 176 Å². The van der Waals surface area contributed by atoms with Crippen LogP contribution < -0.4 is 5.32 Å². The topological polar surface area (TPSA) is 94.6 Å². The van der Waals surface area contributed by atoms with Gasteiger partial charge < -0.3 is 9.47 Å². The minimum absolute atomic E-state index is 0.101. The fraction of sp³-hybridized carbons (Fsp3) is 0.478. The van der Waals surface area contributed by atoms with Crippen LogP contribution in [0.5, 0.6) is 0 Å². The van der Waals surface area contributed by atoms with Crippen molar-refractivity contribution in [1.82, 2.24) is 10.3 Å². The summed E-state index contributed by atoms with van der Waals surface area (Å²) in [7, 11) is 0. The molecule has 0 fully saturated rings. The highest BCUT2D eigenvalue weighted by atomic mass is 16.6. The Morgan fingerprint density at radius 1 is 1.17 bits per heavy atom. The molecule has 1 aromatic carbocycles. The number of aryl methyl sites for hydroxylation is 1. The van der Waals surface area contributed by atoms with Gasteiger partial charge >= 0.3 is 12.1 Å². The maximum absolute atomic E-state index is 13.1. The molecule has 0 saturated heterocycles. The highest BCUT2D eigenvalue weighted by Crippen LogP contribution is 2.39. The quantitative estimate of drug-likeness (QED) is 0.767. The van der Waals surface area contributed by atoms with Crippen LogP contribution in [-0.4, -0.2) is 36.2 Å². The number of para-hydroxylation sites is 1. The van der Waals surface area contributed by atoms with Crippen molar-refractivity contribution in [2.24, 2.45) is 11.3 Å². The number of esters is 1. The summed E-state index contributed by atoms with van der Waals surface area (Å²) >= 11 is 0. The van der Waals surface area contributed by atoms with E-state index in [1.807, 2.05) is 29.6 Å². The average Bonchev–Trinajstić information content (AvgIpc) is 2.69. The third-order valence-electron chi connectivity index (χ3n) is 5.54. The first-order valence-electron chi connectivity index (χ1n) is 10.2. The standard InChI is InChI=1S/C23H28N2O5/c1-5-29-22(28)25-19(26)13-30-21(27)20-15-8-6-7-9-17(15)24-18-11-10-14(12-16(18)20)23(2,3)4/h6-9,14H,5,10-13H2,1-4H3,(H,25,26,28). The van der Waals surface area contributed by atoms with Gasteiger partial charge in [-0.05, 0) is 49.1 Å². The van der Waals surface area contributed by atoms with Crippen LogP contribution in [0.3, 0.4) is 0 Å². The van der Waals surface area contributed by atoms with E-state index in [4.69, 9.17) is 9.72 Å². The molecule has 3 rings (SSSR count). The van der Waals surface area contributed by atoms with Crippen molar-refractivity contribution in [3.8, 4) is 0 Å². The van der Waals surface area contributed by atoms with Gasteiger partial charge in [0.1, 0.15) is 0 Å². The molecule has 1 unspecified atom stereocenters. The number of nitrogens with zero attached hydrogens (tertiary/aromatic N) is 1. The molecule has 30 heavy (non-hydrogen) atoms. The maximum Gasteiger partial charge on any atom is 0.413 e. The number of rotatable bonds is 4. The SMILES string of the molecule is CCOC(=O)NC(=O)COC(=O)c1c2c(nc3ccccc13)CCC(C(C)(C)C)C2. The Morgan fingerprint density at radius 3 is 2.60 bits per heavy atom. The molecule has 1 aromatic heterocycles. The van der Waals surface area contributed by atoms with Crippen molar-refractivity contribution in [2.45, 2.75) is 47.0 Å². The number of pyridine rings is 1. The summed E-state index contributed by atoms with van der Waals surface area (Å²) in [5.74, 6) is -0.911. The molecular weight excluding hydrogens is 384 g/mol. The largest absolute Gasteiger partial charge is 0.452 e. The van der Waals surface area contributed by atoms with Crippen LogP contribution >= 0.6 is 0 Å². The van der Waals surface area contributed by atoms with Gasteiger partial charge in [0.2, 0.25) is 0 Å². The Morgan fingerprint density at radius 2 is 1.90 bits per heavy atom. The molecule has 2 amide bonds. The van der Waals surface area contributed by atoms with E-state index in [0.717, 1.165) is 36.0 Å². The molecule has 0 radical (unpaired) electrons. The number of hydrogen-bond donors (Lipinski definition) is 1. The second kappa shape index (κ2) is 8.81. The van der Waals surface area contributed by atoms with Crippen LogP contribution in [0.4, 0.5) is 4.79 Å². The van der Waals surface area contributed by atoms with Gasteiger partial charge in [0.15, 0.2) is 6.61 Å². The first kappa shape index (κ1) is 21.7. The average molecular weight is 412 g/mol. The second-order valence-corrected chi connectivity index (χ2v) is 8.58. The fourth-order valence-electron chi connectivity index (χ4n) is 3.88. The zero-order chi connectivity index (χ0) is 21.9.